The molecule has 0 atom stereocenters. The van der Waals surface area contributed by atoms with Crippen molar-refractivity contribution >= 4 is 10.0 Å². The van der Waals surface area contributed by atoms with Gasteiger partial charge in [-0.25, -0.2) is 13.1 Å². The molecule has 0 radical (unpaired) electrons. The predicted octanol–water partition coefficient (Wildman–Crippen LogP) is 2.39. The van der Waals surface area contributed by atoms with Crippen molar-refractivity contribution < 1.29 is 17.7 Å². The second kappa shape index (κ2) is 7.56. The van der Waals surface area contributed by atoms with Gasteiger partial charge in [0, 0.05) is 13.0 Å². The average molecular weight is 339 g/mol. The molecule has 126 valence electrons. The lowest BCUT2D eigenvalue weighted by Gasteiger charge is -2.10. The molecule has 1 aromatic carbocycles. The molecule has 7 nitrogen and oxygen atoms in total. The summed E-state index contributed by atoms with van der Waals surface area (Å²) in [5, 5.41) is 3.85. The van der Waals surface area contributed by atoms with Gasteiger partial charge in [0.25, 0.3) is 5.89 Å². The first kappa shape index (κ1) is 17.4. The number of hydrogen-bond donors (Lipinski definition) is 1. The van der Waals surface area contributed by atoms with E-state index in [0.717, 1.165) is 0 Å². The Bertz CT molecular complexity index is 756. The van der Waals surface area contributed by atoms with Gasteiger partial charge in [0.2, 0.25) is 10.0 Å². The van der Waals surface area contributed by atoms with Crippen molar-refractivity contribution in [3.8, 4) is 17.2 Å². The van der Waals surface area contributed by atoms with Crippen LogP contribution in [0.3, 0.4) is 0 Å². The van der Waals surface area contributed by atoms with Gasteiger partial charge in [-0.15, -0.1) is 0 Å². The molecule has 1 heterocycles. The fraction of sp³-hybridized carbons (Fsp3) is 0.467. The van der Waals surface area contributed by atoms with Crippen LogP contribution >= 0.6 is 0 Å². The number of nitrogens with one attached hydrogen (secondary N) is 1. The van der Waals surface area contributed by atoms with Gasteiger partial charge in [0.15, 0.2) is 5.82 Å². The Morgan fingerprint density at radius 1 is 1.26 bits per heavy atom. The molecule has 2 aromatic rings. The molecule has 23 heavy (non-hydrogen) atoms. The SMILES string of the molecule is CCCNS(=O)(=O)c1ccc(OCC)c(-c2nc(CC)no2)c1. The fourth-order valence-corrected chi connectivity index (χ4v) is 3.11. The molecule has 0 aliphatic rings. The lowest BCUT2D eigenvalue weighted by atomic mass is 10.2. The molecule has 0 aliphatic heterocycles. The van der Waals surface area contributed by atoms with Crippen LogP contribution in [0.1, 0.15) is 33.0 Å². The van der Waals surface area contributed by atoms with Gasteiger partial charge in [-0.05, 0) is 31.5 Å². The third kappa shape index (κ3) is 4.08. The van der Waals surface area contributed by atoms with E-state index in [9.17, 15) is 8.42 Å². The molecule has 0 saturated heterocycles. The quantitative estimate of drug-likeness (QED) is 0.793. The first-order valence-electron chi connectivity index (χ1n) is 7.61. The molecular weight excluding hydrogens is 318 g/mol. The summed E-state index contributed by atoms with van der Waals surface area (Å²) < 4.78 is 37.9. The molecule has 0 unspecified atom stereocenters. The second-order valence-corrected chi connectivity index (χ2v) is 6.63. The maximum atomic E-state index is 12.3. The molecule has 2 rings (SSSR count). The lowest BCUT2D eigenvalue weighted by Crippen LogP contribution is -2.24. The number of rotatable bonds is 8. The largest absolute Gasteiger partial charge is 0.493 e. The minimum atomic E-state index is -3.58. The van der Waals surface area contributed by atoms with Crippen molar-refractivity contribution in [3.05, 3.63) is 24.0 Å². The minimum Gasteiger partial charge on any atom is -0.493 e. The van der Waals surface area contributed by atoms with Crippen molar-refractivity contribution in [2.75, 3.05) is 13.2 Å². The minimum absolute atomic E-state index is 0.139. The third-order valence-electron chi connectivity index (χ3n) is 3.12. The lowest BCUT2D eigenvalue weighted by molar-refractivity contribution is 0.339. The zero-order valence-corrected chi connectivity index (χ0v) is 14.3. The first-order chi connectivity index (χ1) is 11.0. The Balaban J connectivity index is 2.47. The van der Waals surface area contributed by atoms with Crippen molar-refractivity contribution in [2.45, 2.75) is 38.5 Å². The molecular formula is C15H21N3O4S. The van der Waals surface area contributed by atoms with Gasteiger partial charge < -0.3 is 9.26 Å². The Hall–Kier alpha value is -1.93. The summed E-state index contributed by atoms with van der Waals surface area (Å²) in [6.07, 6.45) is 1.34. The van der Waals surface area contributed by atoms with Crippen LogP contribution in [0.5, 0.6) is 5.75 Å². The standard InChI is InChI=1S/C15H21N3O4S/c1-4-9-16-23(19,20)11-7-8-13(21-6-3)12(10-11)15-17-14(5-2)18-22-15/h7-8,10,16H,4-6,9H2,1-3H3. The highest BCUT2D eigenvalue weighted by molar-refractivity contribution is 7.89. The highest BCUT2D eigenvalue weighted by Gasteiger charge is 2.20. The van der Waals surface area contributed by atoms with E-state index >= 15 is 0 Å². The number of ether oxygens (including phenoxy) is 1. The molecule has 0 saturated carbocycles. The van der Waals surface area contributed by atoms with Gasteiger partial charge in [-0.3, -0.25) is 0 Å². The number of nitrogens with zero attached hydrogens (tertiary/aromatic N) is 2. The van der Waals surface area contributed by atoms with Gasteiger partial charge in [-0.2, -0.15) is 4.98 Å². The van der Waals surface area contributed by atoms with Crippen molar-refractivity contribution in [2.24, 2.45) is 0 Å². The molecule has 0 amide bonds. The highest BCUT2D eigenvalue weighted by Crippen LogP contribution is 2.31. The van der Waals surface area contributed by atoms with Crippen LogP contribution < -0.4 is 9.46 Å². The monoisotopic (exact) mass is 339 g/mol. The Labute approximate surface area is 136 Å². The average Bonchev–Trinajstić information content (AvgIpc) is 3.02. The highest BCUT2D eigenvalue weighted by atomic mass is 32.2. The van der Waals surface area contributed by atoms with Crippen LogP contribution in [0.15, 0.2) is 27.6 Å². The summed E-state index contributed by atoms with van der Waals surface area (Å²) in [6.45, 7) is 6.49. The van der Waals surface area contributed by atoms with E-state index in [0.29, 0.717) is 43.1 Å². The predicted molar refractivity (Wildman–Crippen MR) is 85.8 cm³/mol. The van der Waals surface area contributed by atoms with Crippen molar-refractivity contribution in [1.82, 2.24) is 14.9 Å². The summed E-state index contributed by atoms with van der Waals surface area (Å²) in [5.41, 5.74) is 0.471. The Morgan fingerprint density at radius 3 is 2.65 bits per heavy atom. The van der Waals surface area contributed by atoms with E-state index in [-0.39, 0.29) is 10.8 Å². The van der Waals surface area contributed by atoms with E-state index in [1.807, 2.05) is 20.8 Å². The molecule has 1 N–H and O–H groups in total. The van der Waals surface area contributed by atoms with E-state index in [4.69, 9.17) is 9.26 Å². The Morgan fingerprint density at radius 2 is 2.04 bits per heavy atom. The van der Waals surface area contributed by atoms with Crippen LogP contribution in [-0.2, 0) is 16.4 Å². The van der Waals surface area contributed by atoms with Crippen molar-refractivity contribution in [1.29, 1.82) is 0 Å². The maximum absolute atomic E-state index is 12.3. The third-order valence-corrected chi connectivity index (χ3v) is 4.58. The van der Waals surface area contributed by atoms with E-state index in [1.165, 1.54) is 12.1 Å². The molecule has 0 aliphatic carbocycles. The van der Waals surface area contributed by atoms with E-state index in [2.05, 4.69) is 14.9 Å². The normalized spacial score (nSPS) is 11.6. The zero-order chi connectivity index (χ0) is 16.9. The maximum Gasteiger partial charge on any atom is 0.261 e. The van der Waals surface area contributed by atoms with Crippen LogP contribution in [0.25, 0.3) is 11.5 Å². The summed E-state index contributed by atoms with van der Waals surface area (Å²) in [4.78, 5) is 4.39. The van der Waals surface area contributed by atoms with E-state index < -0.39 is 10.0 Å². The number of sulfonamides is 1. The molecule has 0 bridgehead atoms. The summed E-state index contributed by atoms with van der Waals surface area (Å²) in [5.74, 6) is 1.31. The Kier molecular flexibility index (Phi) is 5.73. The molecule has 8 heteroatoms. The summed E-state index contributed by atoms with van der Waals surface area (Å²) in [6, 6.07) is 4.61. The summed E-state index contributed by atoms with van der Waals surface area (Å²) in [7, 11) is -3.58. The fourth-order valence-electron chi connectivity index (χ4n) is 1.95. The van der Waals surface area contributed by atoms with Gasteiger partial charge >= 0.3 is 0 Å². The molecule has 0 fully saturated rings. The topological polar surface area (TPSA) is 94.3 Å². The van der Waals surface area contributed by atoms with Gasteiger partial charge in [-0.1, -0.05) is 19.0 Å². The number of benzene rings is 1. The van der Waals surface area contributed by atoms with Crippen LogP contribution in [0.2, 0.25) is 0 Å². The van der Waals surface area contributed by atoms with Crippen LogP contribution in [0.4, 0.5) is 0 Å². The van der Waals surface area contributed by atoms with Crippen LogP contribution in [0, 0.1) is 0 Å². The number of hydrogen-bond acceptors (Lipinski definition) is 6. The molecule has 1 aromatic heterocycles. The zero-order valence-electron chi connectivity index (χ0n) is 13.5. The smallest absolute Gasteiger partial charge is 0.261 e. The molecule has 0 spiro atoms. The van der Waals surface area contributed by atoms with Crippen molar-refractivity contribution in [3.63, 3.8) is 0 Å². The number of aromatic nitrogens is 2. The van der Waals surface area contributed by atoms with Gasteiger partial charge in [0.1, 0.15) is 5.75 Å². The van der Waals surface area contributed by atoms with Crippen LogP contribution in [-0.4, -0.2) is 31.7 Å². The van der Waals surface area contributed by atoms with E-state index in [1.54, 1.807) is 6.07 Å². The second-order valence-electron chi connectivity index (χ2n) is 4.86. The number of aryl methyl sites for hydroxylation is 1. The first-order valence-corrected chi connectivity index (χ1v) is 9.09. The van der Waals surface area contributed by atoms with Gasteiger partial charge in [0.05, 0.1) is 17.1 Å². The summed E-state index contributed by atoms with van der Waals surface area (Å²) >= 11 is 0.